The molecule has 0 saturated heterocycles. The van der Waals surface area contributed by atoms with Gasteiger partial charge in [-0.15, -0.1) is 0 Å². The molecule has 1 heterocycles. The second-order valence-electron chi connectivity index (χ2n) is 2.43. The van der Waals surface area contributed by atoms with Crippen molar-refractivity contribution in [3.63, 3.8) is 0 Å². The molecule has 1 atom stereocenters. The van der Waals surface area contributed by atoms with Crippen molar-refractivity contribution in [3.05, 3.63) is 12.3 Å². The van der Waals surface area contributed by atoms with Gasteiger partial charge in [-0.1, -0.05) is 0 Å². The van der Waals surface area contributed by atoms with Crippen LogP contribution in [0.15, 0.2) is 12.3 Å². The van der Waals surface area contributed by atoms with Gasteiger partial charge in [-0.3, -0.25) is 4.79 Å². The molecule has 1 aliphatic heterocycles. The first kappa shape index (κ1) is 6.29. The van der Waals surface area contributed by atoms with E-state index < -0.39 is 5.60 Å². The second-order valence-corrected chi connectivity index (χ2v) is 2.43. The van der Waals surface area contributed by atoms with Crippen molar-refractivity contribution in [2.45, 2.75) is 18.9 Å². The zero-order valence-electron chi connectivity index (χ0n) is 5.22. The van der Waals surface area contributed by atoms with E-state index in [1.165, 1.54) is 6.20 Å². The summed E-state index contributed by atoms with van der Waals surface area (Å²) in [4.78, 5) is 10.6. The molecule has 0 aromatic rings. The van der Waals surface area contributed by atoms with Gasteiger partial charge >= 0.3 is 0 Å². The minimum absolute atomic E-state index is 0.137. The van der Waals surface area contributed by atoms with Gasteiger partial charge in [0.2, 0.25) is 5.91 Å². The predicted molar refractivity (Wildman–Crippen MR) is 32.5 cm³/mol. The highest BCUT2D eigenvalue weighted by Gasteiger charge is 2.23. The van der Waals surface area contributed by atoms with E-state index in [0.717, 1.165) is 0 Å². The van der Waals surface area contributed by atoms with E-state index in [2.05, 4.69) is 5.32 Å². The number of carbonyl (C=O) groups is 1. The van der Waals surface area contributed by atoms with Crippen molar-refractivity contribution < 1.29 is 9.90 Å². The summed E-state index contributed by atoms with van der Waals surface area (Å²) < 4.78 is 0. The van der Waals surface area contributed by atoms with E-state index in [1.807, 2.05) is 0 Å². The lowest BCUT2D eigenvalue weighted by Gasteiger charge is -2.21. The van der Waals surface area contributed by atoms with E-state index in [9.17, 15) is 9.90 Å². The summed E-state index contributed by atoms with van der Waals surface area (Å²) in [6, 6.07) is 0. The van der Waals surface area contributed by atoms with Crippen LogP contribution in [0.25, 0.3) is 0 Å². The smallest absolute Gasteiger partial charge is 0.227 e. The molecule has 3 heteroatoms. The van der Waals surface area contributed by atoms with Gasteiger partial charge in [0.15, 0.2) is 0 Å². The maximum absolute atomic E-state index is 10.6. The highest BCUT2D eigenvalue weighted by molar-refractivity contribution is 5.79. The van der Waals surface area contributed by atoms with Gasteiger partial charge in [0.05, 0.1) is 12.0 Å². The first-order chi connectivity index (χ1) is 4.10. The number of carbonyl (C=O) groups excluding carboxylic acids is 1. The Hall–Kier alpha value is -0.830. The Labute approximate surface area is 53.4 Å². The van der Waals surface area contributed by atoms with Gasteiger partial charge in [0.1, 0.15) is 0 Å². The molecule has 9 heavy (non-hydrogen) atoms. The molecule has 1 aliphatic rings. The van der Waals surface area contributed by atoms with Crippen LogP contribution in [0.2, 0.25) is 0 Å². The van der Waals surface area contributed by atoms with Crippen LogP contribution < -0.4 is 5.32 Å². The normalized spacial score (nSPS) is 34.2. The monoisotopic (exact) mass is 127 g/mol. The Kier molecular flexibility index (Phi) is 1.29. The van der Waals surface area contributed by atoms with Crippen molar-refractivity contribution in [1.82, 2.24) is 5.32 Å². The topological polar surface area (TPSA) is 49.3 Å². The fraction of sp³-hybridized carbons (Fsp3) is 0.500. The SMILES string of the molecule is CC1(O)C=CNC(=O)C1. The zero-order chi connectivity index (χ0) is 6.91. The molecule has 0 bridgehead atoms. The maximum Gasteiger partial charge on any atom is 0.227 e. The minimum atomic E-state index is -0.942. The molecule has 1 amide bonds. The van der Waals surface area contributed by atoms with Crippen molar-refractivity contribution in [3.8, 4) is 0 Å². The third kappa shape index (κ3) is 1.54. The van der Waals surface area contributed by atoms with Gasteiger partial charge in [0.25, 0.3) is 0 Å². The first-order valence-corrected chi connectivity index (χ1v) is 2.80. The summed E-state index contributed by atoms with van der Waals surface area (Å²) in [6.07, 6.45) is 3.18. The summed E-state index contributed by atoms with van der Waals surface area (Å²) in [6.45, 7) is 1.60. The highest BCUT2D eigenvalue weighted by Crippen LogP contribution is 2.12. The van der Waals surface area contributed by atoms with E-state index in [-0.39, 0.29) is 12.3 Å². The Balaban J connectivity index is 2.71. The third-order valence-electron chi connectivity index (χ3n) is 1.21. The zero-order valence-corrected chi connectivity index (χ0v) is 5.22. The number of amides is 1. The molecule has 0 spiro atoms. The van der Waals surface area contributed by atoms with Crippen molar-refractivity contribution >= 4 is 5.91 Å². The fourth-order valence-electron chi connectivity index (χ4n) is 0.749. The number of hydrogen-bond acceptors (Lipinski definition) is 2. The number of aliphatic hydroxyl groups is 1. The van der Waals surface area contributed by atoms with Crippen LogP contribution in [-0.2, 0) is 4.79 Å². The summed E-state index contributed by atoms with van der Waals surface area (Å²) in [7, 11) is 0. The molecule has 1 rings (SSSR count). The molecule has 0 aromatic carbocycles. The first-order valence-electron chi connectivity index (χ1n) is 2.80. The molecule has 2 N–H and O–H groups in total. The molecule has 0 fully saturated rings. The fourth-order valence-corrected chi connectivity index (χ4v) is 0.749. The molecular formula is C6H9NO2. The lowest BCUT2D eigenvalue weighted by atomic mass is 10.0. The van der Waals surface area contributed by atoms with Crippen LogP contribution in [0.5, 0.6) is 0 Å². The molecule has 0 aromatic heterocycles. The van der Waals surface area contributed by atoms with Crippen LogP contribution in [0, 0.1) is 0 Å². The van der Waals surface area contributed by atoms with Crippen LogP contribution in [0.4, 0.5) is 0 Å². The van der Waals surface area contributed by atoms with Crippen molar-refractivity contribution in [2.75, 3.05) is 0 Å². The molecule has 0 aliphatic carbocycles. The molecular weight excluding hydrogens is 118 g/mol. The van der Waals surface area contributed by atoms with E-state index in [4.69, 9.17) is 0 Å². The molecule has 0 radical (unpaired) electrons. The van der Waals surface area contributed by atoms with Crippen LogP contribution >= 0.6 is 0 Å². The van der Waals surface area contributed by atoms with Crippen LogP contribution in [0.3, 0.4) is 0 Å². The lowest BCUT2D eigenvalue weighted by molar-refractivity contribution is -0.124. The van der Waals surface area contributed by atoms with Gasteiger partial charge in [0, 0.05) is 6.20 Å². The lowest BCUT2D eigenvalue weighted by Crippen LogP contribution is -2.35. The predicted octanol–water partition coefficient (Wildman–Crippen LogP) is -0.229. The third-order valence-corrected chi connectivity index (χ3v) is 1.21. The number of hydrogen-bond donors (Lipinski definition) is 2. The van der Waals surface area contributed by atoms with Crippen LogP contribution in [0.1, 0.15) is 13.3 Å². The Morgan fingerprint density at radius 3 is 2.89 bits per heavy atom. The van der Waals surface area contributed by atoms with Gasteiger partial charge in [-0.05, 0) is 13.0 Å². The van der Waals surface area contributed by atoms with E-state index >= 15 is 0 Å². The quantitative estimate of drug-likeness (QED) is 0.472. The second kappa shape index (κ2) is 1.84. The summed E-state index contributed by atoms with van der Waals surface area (Å²) in [5.74, 6) is -0.137. The van der Waals surface area contributed by atoms with E-state index in [1.54, 1.807) is 13.0 Å². The summed E-state index contributed by atoms with van der Waals surface area (Å²) >= 11 is 0. The average molecular weight is 127 g/mol. The van der Waals surface area contributed by atoms with Crippen molar-refractivity contribution in [1.29, 1.82) is 0 Å². The molecule has 3 nitrogen and oxygen atoms in total. The average Bonchev–Trinajstić information content (AvgIpc) is 1.60. The summed E-state index contributed by atoms with van der Waals surface area (Å²) in [5, 5.41) is 11.7. The molecule has 50 valence electrons. The minimum Gasteiger partial charge on any atom is -0.385 e. The number of nitrogens with one attached hydrogen (secondary N) is 1. The standard InChI is InChI=1S/C6H9NO2/c1-6(9)2-3-7-5(8)4-6/h2-3,9H,4H2,1H3,(H,7,8). The molecule has 1 unspecified atom stereocenters. The maximum atomic E-state index is 10.6. The van der Waals surface area contributed by atoms with Crippen LogP contribution in [-0.4, -0.2) is 16.6 Å². The summed E-state index contributed by atoms with van der Waals surface area (Å²) in [5.41, 5.74) is -0.942. The largest absolute Gasteiger partial charge is 0.385 e. The Bertz CT molecular complexity index is 160. The van der Waals surface area contributed by atoms with Gasteiger partial charge in [-0.2, -0.15) is 0 Å². The van der Waals surface area contributed by atoms with Gasteiger partial charge in [-0.25, -0.2) is 0 Å². The Morgan fingerprint density at radius 1 is 1.89 bits per heavy atom. The molecule has 0 saturated carbocycles. The number of rotatable bonds is 0. The van der Waals surface area contributed by atoms with Crippen molar-refractivity contribution in [2.24, 2.45) is 0 Å². The van der Waals surface area contributed by atoms with E-state index in [0.29, 0.717) is 0 Å². The van der Waals surface area contributed by atoms with Gasteiger partial charge < -0.3 is 10.4 Å². The Morgan fingerprint density at radius 2 is 2.56 bits per heavy atom. The highest BCUT2D eigenvalue weighted by atomic mass is 16.3.